The number of anilines is 1. The van der Waals surface area contributed by atoms with Gasteiger partial charge in [-0.05, 0) is 74.9 Å². The molecule has 0 amide bonds. The summed E-state index contributed by atoms with van der Waals surface area (Å²) in [7, 11) is 5.53. The van der Waals surface area contributed by atoms with Crippen LogP contribution in [0.5, 0.6) is 0 Å². The number of benzene rings is 1. The first-order valence-corrected chi connectivity index (χ1v) is 8.62. The highest BCUT2D eigenvalue weighted by Gasteiger charge is 2.06. The number of carbonyl (C=O) groups excluding carboxylic acids is 1. The Balaban J connectivity index is 2.72. The number of esters is 1. The molecule has 0 bridgehead atoms. The van der Waals surface area contributed by atoms with Gasteiger partial charge in [0, 0.05) is 25.9 Å². The number of hydrogen-bond donors (Lipinski definition) is 0. The molecular weight excluding hydrogens is 310 g/mol. The summed E-state index contributed by atoms with van der Waals surface area (Å²) < 4.78 is 4.61. The quantitative estimate of drug-likeness (QED) is 0.400. The van der Waals surface area contributed by atoms with E-state index in [0.29, 0.717) is 0 Å². The zero-order valence-electron chi connectivity index (χ0n) is 16.6. The predicted molar refractivity (Wildman–Crippen MR) is 107 cm³/mol. The fraction of sp³-hybridized carbons (Fsp3) is 0.409. The van der Waals surface area contributed by atoms with E-state index in [2.05, 4.69) is 62.7 Å². The summed E-state index contributed by atoms with van der Waals surface area (Å²) in [5.41, 5.74) is 7.58. The maximum atomic E-state index is 11.2. The number of allylic oxidation sites excluding steroid dienone is 5. The number of methoxy groups -OCH3 is 1. The van der Waals surface area contributed by atoms with Gasteiger partial charge in [0.1, 0.15) is 0 Å². The monoisotopic (exact) mass is 341 g/mol. The van der Waals surface area contributed by atoms with Crippen molar-refractivity contribution in [2.75, 3.05) is 26.1 Å². The molecule has 0 saturated heterocycles. The lowest BCUT2D eigenvalue weighted by atomic mass is 9.95. The van der Waals surface area contributed by atoms with Crippen molar-refractivity contribution in [2.45, 2.75) is 40.5 Å². The number of ether oxygens (including phenoxy) is 1. The molecule has 1 rings (SSSR count). The smallest absolute Gasteiger partial charge is 0.330 e. The minimum absolute atomic E-state index is 0.324. The van der Waals surface area contributed by atoms with Crippen LogP contribution in [-0.4, -0.2) is 27.2 Å². The van der Waals surface area contributed by atoms with Crippen molar-refractivity contribution in [3.05, 3.63) is 64.3 Å². The molecule has 0 heterocycles. The highest BCUT2D eigenvalue weighted by atomic mass is 16.5. The van der Waals surface area contributed by atoms with Crippen molar-refractivity contribution in [1.82, 2.24) is 0 Å². The second-order valence-corrected chi connectivity index (χ2v) is 6.74. The minimum Gasteiger partial charge on any atom is -0.466 e. The number of aryl methyl sites for hydroxylation is 2. The van der Waals surface area contributed by atoms with Gasteiger partial charge >= 0.3 is 5.97 Å². The molecule has 0 N–H and O–H groups in total. The summed E-state index contributed by atoms with van der Waals surface area (Å²) in [5.74, 6) is -0.324. The Morgan fingerprint density at radius 3 is 2.28 bits per heavy atom. The Bertz CT molecular complexity index is 671. The molecule has 0 unspecified atom stereocenters. The molecule has 1 aromatic rings. The predicted octanol–water partition coefficient (Wildman–Crippen LogP) is 4.92. The van der Waals surface area contributed by atoms with E-state index in [1.807, 2.05) is 19.1 Å². The van der Waals surface area contributed by atoms with Crippen molar-refractivity contribution < 1.29 is 9.53 Å². The molecule has 0 atom stereocenters. The second-order valence-electron chi connectivity index (χ2n) is 6.74. The van der Waals surface area contributed by atoms with Crippen molar-refractivity contribution in [3.63, 3.8) is 0 Å². The maximum Gasteiger partial charge on any atom is 0.330 e. The summed E-state index contributed by atoms with van der Waals surface area (Å²) >= 11 is 0. The number of nitrogens with zero attached hydrogens (tertiary/aromatic N) is 1. The molecule has 136 valence electrons. The van der Waals surface area contributed by atoms with Crippen molar-refractivity contribution in [1.29, 1.82) is 0 Å². The SMILES string of the molecule is COC(=O)C=C(C)C=CC=C(C)CCc1c(C)cc(N(C)C)cc1C. The Labute approximate surface area is 152 Å². The third-order valence-corrected chi connectivity index (χ3v) is 4.25. The van der Waals surface area contributed by atoms with Crippen LogP contribution in [0.4, 0.5) is 5.69 Å². The third kappa shape index (κ3) is 7.00. The van der Waals surface area contributed by atoms with E-state index in [1.165, 1.54) is 41.1 Å². The average molecular weight is 341 g/mol. The highest BCUT2D eigenvalue weighted by molar-refractivity contribution is 5.83. The van der Waals surface area contributed by atoms with Crippen LogP contribution < -0.4 is 4.90 Å². The van der Waals surface area contributed by atoms with Gasteiger partial charge in [0.15, 0.2) is 0 Å². The Kier molecular flexibility index (Phi) is 8.20. The first-order chi connectivity index (χ1) is 11.7. The first kappa shape index (κ1) is 20.8. The fourth-order valence-corrected chi connectivity index (χ4v) is 2.69. The Morgan fingerprint density at radius 1 is 1.16 bits per heavy atom. The summed E-state index contributed by atoms with van der Waals surface area (Å²) in [4.78, 5) is 13.3. The normalized spacial score (nSPS) is 12.6. The third-order valence-electron chi connectivity index (χ3n) is 4.25. The van der Waals surface area contributed by atoms with Gasteiger partial charge in [0.05, 0.1) is 7.11 Å². The van der Waals surface area contributed by atoms with Crippen LogP contribution in [0, 0.1) is 13.8 Å². The van der Waals surface area contributed by atoms with Crippen LogP contribution in [0.3, 0.4) is 0 Å². The van der Waals surface area contributed by atoms with Crippen LogP contribution in [0.1, 0.15) is 37.0 Å². The number of carbonyl (C=O) groups is 1. The summed E-state index contributed by atoms with van der Waals surface area (Å²) in [6, 6.07) is 4.50. The molecule has 0 spiro atoms. The maximum absolute atomic E-state index is 11.2. The van der Waals surface area contributed by atoms with Gasteiger partial charge in [-0.15, -0.1) is 0 Å². The van der Waals surface area contributed by atoms with Crippen LogP contribution in [0.15, 0.2) is 47.6 Å². The molecular formula is C22H31NO2. The first-order valence-electron chi connectivity index (χ1n) is 8.62. The molecule has 0 aromatic heterocycles. The van der Waals surface area contributed by atoms with Crippen molar-refractivity contribution in [2.24, 2.45) is 0 Å². The number of rotatable bonds is 7. The topological polar surface area (TPSA) is 29.5 Å². The van der Waals surface area contributed by atoms with E-state index in [0.717, 1.165) is 18.4 Å². The lowest BCUT2D eigenvalue weighted by Crippen LogP contribution is -2.10. The summed E-state index contributed by atoms with van der Waals surface area (Å²) in [5, 5.41) is 0. The van der Waals surface area contributed by atoms with Gasteiger partial charge in [0.2, 0.25) is 0 Å². The van der Waals surface area contributed by atoms with E-state index in [1.54, 1.807) is 0 Å². The molecule has 0 fully saturated rings. The Hall–Kier alpha value is -2.29. The molecule has 0 aliphatic carbocycles. The van der Waals surface area contributed by atoms with E-state index in [9.17, 15) is 4.79 Å². The molecule has 3 nitrogen and oxygen atoms in total. The molecule has 0 saturated carbocycles. The molecule has 25 heavy (non-hydrogen) atoms. The zero-order chi connectivity index (χ0) is 19.0. The van der Waals surface area contributed by atoms with Gasteiger partial charge in [-0.2, -0.15) is 0 Å². The van der Waals surface area contributed by atoms with Gasteiger partial charge in [-0.3, -0.25) is 0 Å². The molecule has 0 radical (unpaired) electrons. The highest BCUT2D eigenvalue weighted by Crippen LogP contribution is 2.24. The summed E-state index contributed by atoms with van der Waals surface area (Å²) in [6.07, 6.45) is 9.56. The second kappa shape index (κ2) is 9.87. The average Bonchev–Trinajstić information content (AvgIpc) is 2.53. The van der Waals surface area contributed by atoms with Gasteiger partial charge in [0.25, 0.3) is 0 Å². The lowest BCUT2D eigenvalue weighted by Gasteiger charge is -2.18. The number of hydrogen-bond acceptors (Lipinski definition) is 3. The molecule has 1 aromatic carbocycles. The largest absolute Gasteiger partial charge is 0.466 e. The van der Waals surface area contributed by atoms with Crippen LogP contribution >= 0.6 is 0 Å². The van der Waals surface area contributed by atoms with Gasteiger partial charge in [-0.1, -0.05) is 23.8 Å². The standard InChI is InChI=1S/C22H31NO2/c1-16(9-8-10-17(2)13-22(24)25-7)11-12-21-18(3)14-20(23(5)6)15-19(21)4/h8-10,13-15H,11-12H2,1-7H3. The molecule has 0 aliphatic heterocycles. The van der Waals surface area contributed by atoms with Gasteiger partial charge < -0.3 is 9.64 Å². The van der Waals surface area contributed by atoms with Crippen molar-refractivity contribution in [3.8, 4) is 0 Å². The zero-order valence-corrected chi connectivity index (χ0v) is 16.6. The van der Waals surface area contributed by atoms with Gasteiger partial charge in [-0.25, -0.2) is 4.79 Å². The lowest BCUT2D eigenvalue weighted by molar-refractivity contribution is -0.134. The van der Waals surface area contributed by atoms with E-state index >= 15 is 0 Å². The minimum atomic E-state index is -0.324. The molecule has 0 aliphatic rings. The Morgan fingerprint density at radius 2 is 1.76 bits per heavy atom. The van der Waals surface area contributed by atoms with E-state index < -0.39 is 0 Å². The summed E-state index contributed by atoms with van der Waals surface area (Å²) in [6.45, 7) is 8.41. The fourth-order valence-electron chi connectivity index (χ4n) is 2.69. The van der Waals surface area contributed by atoms with E-state index in [-0.39, 0.29) is 5.97 Å². The van der Waals surface area contributed by atoms with Crippen LogP contribution in [0.2, 0.25) is 0 Å². The molecule has 3 heteroatoms. The van der Waals surface area contributed by atoms with E-state index in [4.69, 9.17) is 0 Å². The van der Waals surface area contributed by atoms with Crippen LogP contribution in [-0.2, 0) is 16.0 Å². The van der Waals surface area contributed by atoms with Crippen LogP contribution in [0.25, 0.3) is 0 Å². The van der Waals surface area contributed by atoms with Crippen molar-refractivity contribution >= 4 is 11.7 Å².